The Kier molecular flexibility index (Phi) is 3.59. The second-order valence-electron chi connectivity index (χ2n) is 4.35. The number of anilines is 1. The van der Waals surface area contributed by atoms with E-state index in [4.69, 9.17) is 0 Å². The molecule has 0 unspecified atom stereocenters. The van der Waals surface area contributed by atoms with Crippen LogP contribution in [-0.4, -0.2) is 47.1 Å². The van der Waals surface area contributed by atoms with Crippen LogP contribution in [0.3, 0.4) is 0 Å². The lowest BCUT2D eigenvalue weighted by molar-refractivity contribution is 0.772. The highest BCUT2D eigenvalue weighted by Gasteiger charge is 2.13. The molecule has 3 heterocycles. The van der Waals surface area contributed by atoms with E-state index in [-0.39, 0.29) is 0 Å². The van der Waals surface area contributed by atoms with Crippen LogP contribution in [-0.2, 0) is 0 Å². The Morgan fingerprint density at radius 3 is 1.76 bits per heavy atom. The lowest BCUT2D eigenvalue weighted by atomic mass is 10.5. The highest BCUT2D eigenvalue weighted by atomic mass is 15.3. The molecule has 0 radical (unpaired) electrons. The second-order valence-corrected chi connectivity index (χ2v) is 4.35. The summed E-state index contributed by atoms with van der Waals surface area (Å²) in [7, 11) is 0. The lowest BCUT2D eigenvalue weighted by Gasteiger charge is -2.19. The average molecular weight is 284 g/mol. The van der Waals surface area contributed by atoms with Gasteiger partial charge in [-0.05, 0) is 13.8 Å². The van der Waals surface area contributed by atoms with E-state index in [0.717, 1.165) is 13.1 Å². The molecule has 0 aliphatic heterocycles. The quantitative estimate of drug-likeness (QED) is 0.698. The smallest absolute Gasteiger partial charge is 0.241 e. The van der Waals surface area contributed by atoms with Crippen molar-refractivity contribution < 1.29 is 0 Å². The van der Waals surface area contributed by atoms with E-state index in [1.165, 1.54) is 0 Å². The molecule has 0 bridgehead atoms. The number of rotatable bonds is 5. The van der Waals surface area contributed by atoms with Crippen molar-refractivity contribution in [2.24, 2.45) is 0 Å². The zero-order valence-corrected chi connectivity index (χ0v) is 12.0. The van der Waals surface area contributed by atoms with Crippen LogP contribution in [0.4, 0.5) is 5.95 Å². The van der Waals surface area contributed by atoms with E-state index in [9.17, 15) is 0 Å². The summed E-state index contributed by atoms with van der Waals surface area (Å²) >= 11 is 0. The van der Waals surface area contributed by atoms with E-state index in [1.54, 1.807) is 46.6 Å². The van der Waals surface area contributed by atoms with Gasteiger partial charge in [-0.2, -0.15) is 15.0 Å². The molecular weight excluding hydrogens is 268 g/mol. The Hall–Kier alpha value is -2.77. The summed E-state index contributed by atoms with van der Waals surface area (Å²) in [6.45, 7) is 5.79. The molecule has 0 N–H and O–H groups in total. The van der Waals surface area contributed by atoms with Crippen LogP contribution >= 0.6 is 0 Å². The lowest BCUT2D eigenvalue weighted by Crippen LogP contribution is -2.25. The molecule has 0 amide bonds. The van der Waals surface area contributed by atoms with Crippen molar-refractivity contribution in [3.63, 3.8) is 0 Å². The standard InChI is InChI=1S/C13H16N8/c1-3-19(4-2)11-16-12(20-7-5-14-9-20)18-13(17-11)21-8-6-15-10-21/h5-10H,3-4H2,1-2H3. The van der Waals surface area contributed by atoms with Crippen LogP contribution < -0.4 is 4.90 Å². The molecule has 3 aromatic heterocycles. The highest BCUT2D eigenvalue weighted by Crippen LogP contribution is 2.12. The SMILES string of the molecule is CCN(CC)c1nc(-n2ccnc2)nc(-n2ccnc2)n1. The fraction of sp³-hybridized carbons (Fsp3) is 0.308. The Morgan fingerprint density at radius 2 is 1.38 bits per heavy atom. The van der Waals surface area contributed by atoms with Crippen molar-refractivity contribution in [2.75, 3.05) is 18.0 Å². The predicted octanol–water partition coefficient (Wildman–Crippen LogP) is 1.09. The Morgan fingerprint density at radius 1 is 0.857 bits per heavy atom. The summed E-state index contributed by atoms with van der Waals surface area (Å²) in [4.78, 5) is 23.7. The monoisotopic (exact) mass is 284 g/mol. The van der Waals surface area contributed by atoms with Gasteiger partial charge < -0.3 is 4.90 Å². The van der Waals surface area contributed by atoms with Crippen molar-refractivity contribution in [1.29, 1.82) is 0 Å². The van der Waals surface area contributed by atoms with Gasteiger partial charge in [-0.15, -0.1) is 0 Å². The first-order valence-corrected chi connectivity index (χ1v) is 6.79. The molecule has 21 heavy (non-hydrogen) atoms. The maximum atomic E-state index is 4.52. The van der Waals surface area contributed by atoms with Crippen molar-refractivity contribution in [3.05, 3.63) is 37.4 Å². The number of nitrogens with zero attached hydrogens (tertiary/aromatic N) is 8. The molecule has 0 saturated carbocycles. The summed E-state index contributed by atoms with van der Waals surface area (Å²) in [5.74, 6) is 1.71. The van der Waals surface area contributed by atoms with Crippen molar-refractivity contribution >= 4 is 5.95 Å². The summed E-state index contributed by atoms with van der Waals surface area (Å²) in [5, 5.41) is 0. The van der Waals surface area contributed by atoms with Crippen LogP contribution in [0.2, 0.25) is 0 Å². The molecule has 3 rings (SSSR count). The second kappa shape index (κ2) is 5.70. The molecule has 0 fully saturated rings. The van der Waals surface area contributed by atoms with Gasteiger partial charge >= 0.3 is 0 Å². The van der Waals surface area contributed by atoms with Gasteiger partial charge in [0.2, 0.25) is 17.8 Å². The normalized spacial score (nSPS) is 10.8. The third-order valence-electron chi connectivity index (χ3n) is 3.12. The number of aromatic nitrogens is 7. The van der Waals surface area contributed by atoms with Gasteiger partial charge in [0, 0.05) is 37.9 Å². The molecule has 0 aromatic carbocycles. The van der Waals surface area contributed by atoms with Gasteiger partial charge in [0.05, 0.1) is 0 Å². The largest absolute Gasteiger partial charge is 0.341 e. The minimum Gasteiger partial charge on any atom is -0.341 e. The highest BCUT2D eigenvalue weighted by molar-refractivity contribution is 5.35. The van der Waals surface area contributed by atoms with Crippen LogP contribution in [0.1, 0.15) is 13.8 Å². The van der Waals surface area contributed by atoms with Crippen molar-refractivity contribution in [3.8, 4) is 11.9 Å². The van der Waals surface area contributed by atoms with Gasteiger partial charge in [0.1, 0.15) is 12.7 Å². The van der Waals surface area contributed by atoms with Gasteiger partial charge in [0.25, 0.3) is 0 Å². The van der Waals surface area contributed by atoms with E-state index in [2.05, 4.69) is 43.7 Å². The van der Waals surface area contributed by atoms with E-state index >= 15 is 0 Å². The van der Waals surface area contributed by atoms with Crippen LogP contribution in [0, 0.1) is 0 Å². The molecule has 0 atom stereocenters. The summed E-state index contributed by atoms with van der Waals surface area (Å²) in [6, 6.07) is 0. The van der Waals surface area contributed by atoms with E-state index < -0.39 is 0 Å². The van der Waals surface area contributed by atoms with Crippen LogP contribution in [0.15, 0.2) is 37.4 Å². The third-order valence-corrected chi connectivity index (χ3v) is 3.12. The Balaban J connectivity index is 2.12. The molecule has 8 heteroatoms. The van der Waals surface area contributed by atoms with Gasteiger partial charge in [-0.1, -0.05) is 0 Å². The maximum Gasteiger partial charge on any atom is 0.241 e. The van der Waals surface area contributed by atoms with E-state index in [1.807, 2.05) is 0 Å². The van der Waals surface area contributed by atoms with Crippen molar-refractivity contribution in [2.45, 2.75) is 13.8 Å². The molecule has 0 spiro atoms. The number of hydrogen-bond acceptors (Lipinski definition) is 6. The molecule has 108 valence electrons. The topological polar surface area (TPSA) is 77.5 Å². The Bertz CT molecular complexity index is 633. The van der Waals surface area contributed by atoms with Gasteiger partial charge in [-0.3, -0.25) is 9.13 Å². The van der Waals surface area contributed by atoms with Crippen LogP contribution in [0.25, 0.3) is 11.9 Å². The molecule has 0 saturated heterocycles. The molecule has 3 aromatic rings. The fourth-order valence-corrected chi connectivity index (χ4v) is 1.98. The zero-order valence-electron chi connectivity index (χ0n) is 12.0. The Labute approximate surface area is 122 Å². The summed E-state index contributed by atoms with van der Waals surface area (Å²) in [5.41, 5.74) is 0. The first kappa shape index (κ1) is 13.2. The first-order chi connectivity index (χ1) is 10.3. The van der Waals surface area contributed by atoms with Crippen LogP contribution in [0.5, 0.6) is 0 Å². The molecule has 8 nitrogen and oxygen atoms in total. The predicted molar refractivity (Wildman–Crippen MR) is 77.6 cm³/mol. The minimum absolute atomic E-state index is 0.535. The molecule has 0 aliphatic rings. The molecule has 0 aliphatic carbocycles. The van der Waals surface area contributed by atoms with Crippen molar-refractivity contribution in [1.82, 2.24) is 34.1 Å². The van der Waals surface area contributed by atoms with Gasteiger partial charge in [0.15, 0.2) is 0 Å². The van der Waals surface area contributed by atoms with Gasteiger partial charge in [-0.25, -0.2) is 9.97 Å². The average Bonchev–Trinajstić information content (AvgIpc) is 3.22. The zero-order chi connectivity index (χ0) is 14.7. The summed E-state index contributed by atoms with van der Waals surface area (Å²) in [6.07, 6.45) is 10.3. The fourth-order valence-electron chi connectivity index (χ4n) is 1.98. The third kappa shape index (κ3) is 2.60. The maximum absolute atomic E-state index is 4.52. The first-order valence-electron chi connectivity index (χ1n) is 6.79. The summed E-state index contributed by atoms with van der Waals surface area (Å²) < 4.78 is 3.52. The van der Waals surface area contributed by atoms with E-state index in [0.29, 0.717) is 17.8 Å². The number of hydrogen-bond donors (Lipinski definition) is 0. The number of imidazole rings is 2. The minimum atomic E-state index is 0.535. The molecular formula is C13H16N8.